The van der Waals surface area contributed by atoms with Gasteiger partial charge in [-0.25, -0.2) is 0 Å². The molecule has 0 aliphatic heterocycles. The molecule has 0 unspecified atom stereocenters. The van der Waals surface area contributed by atoms with Gasteiger partial charge in [0.05, 0.1) is 6.61 Å². The van der Waals surface area contributed by atoms with Gasteiger partial charge in [-0.3, -0.25) is 0 Å². The highest BCUT2D eigenvalue weighted by Crippen LogP contribution is 2.60. The quantitative estimate of drug-likeness (QED) is 0.728. The van der Waals surface area contributed by atoms with Crippen molar-refractivity contribution in [3.63, 3.8) is 0 Å². The lowest BCUT2D eigenvalue weighted by Gasteiger charge is -2.56. The molecule has 0 saturated heterocycles. The maximum Gasteiger partial charge on any atom is 0.0614 e. The van der Waals surface area contributed by atoms with Crippen LogP contribution in [0.25, 0.3) is 0 Å². The summed E-state index contributed by atoms with van der Waals surface area (Å²) in [7, 11) is 0. The first-order valence-electron chi connectivity index (χ1n) is 8.94. The summed E-state index contributed by atoms with van der Waals surface area (Å²) in [6.45, 7) is 9.65. The van der Waals surface area contributed by atoms with Crippen molar-refractivity contribution in [1.82, 2.24) is 0 Å². The first-order valence-corrected chi connectivity index (χ1v) is 8.94. The summed E-state index contributed by atoms with van der Waals surface area (Å²) in [5.74, 6) is 0.611. The molecule has 3 atom stereocenters. The van der Waals surface area contributed by atoms with Crippen molar-refractivity contribution in [2.75, 3.05) is 13.2 Å². The second-order valence-electron chi connectivity index (χ2n) is 8.17. The van der Waals surface area contributed by atoms with E-state index in [9.17, 15) is 5.11 Å². The Labute approximate surface area is 136 Å². The standard InChI is InChI=1S/C20H34O2/c1-15(10-13-21)6-8-17-16(2)7-9-18-19(3,14-22)11-5-12-20(17,18)4/h10,18,21-22H,5-9,11-14H2,1-4H3/b15-10-/t18-,19+,20+/m0/s1. The molecular weight excluding hydrogens is 272 g/mol. The average Bonchev–Trinajstić information content (AvgIpc) is 2.46. The number of allylic oxidation sites excluding steroid dienone is 3. The van der Waals surface area contributed by atoms with Gasteiger partial charge in [-0.2, -0.15) is 0 Å². The molecule has 126 valence electrons. The van der Waals surface area contributed by atoms with Crippen molar-refractivity contribution in [2.45, 2.75) is 72.6 Å². The number of rotatable bonds is 5. The molecule has 1 saturated carbocycles. The van der Waals surface area contributed by atoms with Gasteiger partial charge >= 0.3 is 0 Å². The molecule has 2 heteroatoms. The van der Waals surface area contributed by atoms with Crippen molar-refractivity contribution in [3.05, 3.63) is 22.8 Å². The zero-order valence-corrected chi connectivity index (χ0v) is 14.9. The highest BCUT2D eigenvalue weighted by atomic mass is 16.3. The minimum atomic E-state index is 0.0922. The fraction of sp³-hybridized carbons (Fsp3) is 0.800. The highest BCUT2D eigenvalue weighted by Gasteiger charge is 2.51. The number of aliphatic hydroxyl groups excluding tert-OH is 2. The molecule has 2 nitrogen and oxygen atoms in total. The van der Waals surface area contributed by atoms with Gasteiger partial charge < -0.3 is 10.2 Å². The normalized spacial score (nSPS) is 36.5. The molecule has 0 amide bonds. The van der Waals surface area contributed by atoms with Crippen molar-refractivity contribution < 1.29 is 10.2 Å². The molecule has 2 rings (SSSR count). The van der Waals surface area contributed by atoms with Crippen LogP contribution in [0.2, 0.25) is 0 Å². The molecule has 2 aliphatic carbocycles. The number of hydrogen-bond donors (Lipinski definition) is 2. The Hall–Kier alpha value is -0.600. The van der Waals surface area contributed by atoms with Crippen LogP contribution in [0.3, 0.4) is 0 Å². The van der Waals surface area contributed by atoms with E-state index < -0.39 is 0 Å². The fourth-order valence-corrected chi connectivity index (χ4v) is 5.27. The average molecular weight is 306 g/mol. The number of aliphatic hydroxyl groups is 2. The lowest BCUT2D eigenvalue weighted by Crippen LogP contribution is -2.48. The van der Waals surface area contributed by atoms with E-state index in [1.54, 1.807) is 11.1 Å². The zero-order chi connectivity index (χ0) is 16.4. The largest absolute Gasteiger partial charge is 0.396 e. The summed E-state index contributed by atoms with van der Waals surface area (Å²) < 4.78 is 0. The molecule has 0 aromatic heterocycles. The first kappa shape index (κ1) is 17.7. The predicted octanol–water partition coefficient (Wildman–Crippen LogP) is 4.62. The lowest BCUT2D eigenvalue weighted by atomic mass is 9.49. The zero-order valence-electron chi connectivity index (χ0n) is 14.9. The second-order valence-corrected chi connectivity index (χ2v) is 8.17. The monoisotopic (exact) mass is 306 g/mol. The first-order chi connectivity index (χ1) is 10.4. The number of hydrogen-bond acceptors (Lipinski definition) is 2. The SMILES string of the molecule is CC1=C(CC/C(C)=C\CO)[C@@]2(C)CCC[C@](C)(CO)[C@@H]2CC1. The molecule has 0 spiro atoms. The lowest BCUT2D eigenvalue weighted by molar-refractivity contribution is -0.0388. The molecule has 2 aliphatic rings. The summed E-state index contributed by atoms with van der Waals surface area (Å²) in [6, 6.07) is 0. The summed E-state index contributed by atoms with van der Waals surface area (Å²) in [5.41, 5.74) is 4.87. The third-order valence-electron chi connectivity index (χ3n) is 6.64. The number of fused-ring (bicyclic) bond motifs is 1. The predicted molar refractivity (Wildman–Crippen MR) is 92.7 cm³/mol. The Morgan fingerprint density at radius 2 is 2.00 bits per heavy atom. The Kier molecular flexibility index (Phi) is 5.55. The van der Waals surface area contributed by atoms with Crippen molar-refractivity contribution >= 4 is 0 Å². The van der Waals surface area contributed by atoms with E-state index in [1.165, 1.54) is 37.7 Å². The fourth-order valence-electron chi connectivity index (χ4n) is 5.27. The topological polar surface area (TPSA) is 40.5 Å². The van der Waals surface area contributed by atoms with Crippen molar-refractivity contribution in [2.24, 2.45) is 16.7 Å². The molecule has 0 aromatic rings. The van der Waals surface area contributed by atoms with Gasteiger partial charge in [-0.15, -0.1) is 0 Å². The van der Waals surface area contributed by atoms with E-state index in [0.29, 0.717) is 12.5 Å². The van der Waals surface area contributed by atoms with Crippen molar-refractivity contribution in [1.29, 1.82) is 0 Å². The van der Waals surface area contributed by atoms with E-state index in [2.05, 4.69) is 27.7 Å². The highest BCUT2D eigenvalue weighted by molar-refractivity contribution is 5.28. The van der Waals surface area contributed by atoms with Crippen LogP contribution in [0.4, 0.5) is 0 Å². The van der Waals surface area contributed by atoms with Crippen LogP contribution in [-0.2, 0) is 0 Å². The summed E-state index contributed by atoms with van der Waals surface area (Å²) in [4.78, 5) is 0. The van der Waals surface area contributed by atoms with Crippen LogP contribution in [-0.4, -0.2) is 23.4 Å². The summed E-state index contributed by atoms with van der Waals surface area (Å²) in [6.07, 6.45) is 10.2. The molecule has 2 N–H and O–H groups in total. The van der Waals surface area contributed by atoms with Crippen LogP contribution in [0.5, 0.6) is 0 Å². The van der Waals surface area contributed by atoms with E-state index >= 15 is 0 Å². The molecule has 0 heterocycles. The Morgan fingerprint density at radius 3 is 2.64 bits per heavy atom. The minimum Gasteiger partial charge on any atom is -0.396 e. The van der Waals surface area contributed by atoms with Gasteiger partial charge in [0.2, 0.25) is 0 Å². The van der Waals surface area contributed by atoms with Gasteiger partial charge in [-0.1, -0.05) is 43.1 Å². The third-order valence-corrected chi connectivity index (χ3v) is 6.64. The molecule has 0 aromatic carbocycles. The Balaban J connectivity index is 2.26. The molecule has 1 fully saturated rings. The summed E-state index contributed by atoms with van der Waals surface area (Å²) in [5, 5.41) is 19.0. The van der Waals surface area contributed by atoms with Gasteiger partial charge in [-0.05, 0) is 69.1 Å². The van der Waals surface area contributed by atoms with Gasteiger partial charge in [0.15, 0.2) is 0 Å². The van der Waals surface area contributed by atoms with Crippen LogP contribution < -0.4 is 0 Å². The van der Waals surface area contributed by atoms with Crippen LogP contribution in [0, 0.1) is 16.7 Å². The maximum absolute atomic E-state index is 9.99. The van der Waals surface area contributed by atoms with Crippen LogP contribution in [0.1, 0.15) is 72.6 Å². The van der Waals surface area contributed by atoms with Crippen molar-refractivity contribution in [3.8, 4) is 0 Å². The van der Waals surface area contributed by atoms with Gasteiger partial charge in [0.25, 0.3) is 0 Å². The maximum atomic E-state index is 9.99. The van der Waals surface area contributed by atoms with Gasteiger partial charge in [0.1, 0.15) is 0 Å². The van der Waals surface area contributed by atoms with E-state index in [-0.39, 0.29) is 17.4 Å². The molecule has 0 bridgehead atoms. The van der Waals surface area contributed by atoms with Crippen LogP contribution >= 0.6 is 0 Å². The summed E-state index contributed by atoms with van der Waals surface area (Å²) >= 11 is 0. The van der Waals surface area contributed by atoms with E-state index in [1.807, 2.05) is 6.08 Å². The molecule has 0 radical (unpaired) electrons. The molecule has 22 heavy (non-hydrogen) atoms. The molecular formula is C20H34O2. The Bertz CT molecular complexity index is 462. The van der Waals surface area contributed by atoms with Crippen LogP contribution in [0.15, 0.2) is 22.8 Å². The van der Waals surface area contributed by atoms with E-state index in [0.717, 1.165) is 12.8 Å². The van der Waals surface area contributed by atoms with E-state index in [4.69, 9.17) is 5.11 Å². The Morgan fingerprint density at radius 1 is 1.27 bits per heavy atom. The third kappa shape index (κ3) is 3.19. The minimum absolute atomic E-state index is 0.0922. The van der Waals surface area contributed by atoms with Gasteiger partial charge in [0, 0.05) is 6.61 Å². The second kappa shape index (κ2) is 6.88. The smallest absolute Gasteiger partial charge is 0.0614 e.